The Labute approximate surface area is 110 Å². The lowest BCUT2D eigenvalue weighted by atomic mass is 9.97. The van der Waals surface area contributed by atoms with E-state index in [0.29, 0.717) is 0 Å². The summed E-state index contributed by atoms with van der Waals surface area (Å²) in [5.41, 5.74) is 0. The van der Waals surface area contributed by atoms with Gasteiger partial charge in [-0.05, 0) is 37.4 Å². The molecule has 0 aromatic carbocycles. The van der Waals surface area contributed by atoms with Crippen LogP contribution in [0.25, 0.3) is 0 Å². The first-order valence-electron chi connectivity index (χ1n) is 5.79. The highest BCUT2D eigenvalue weighted by molar-refractivity contribution is 7.10. The zero-order valence-corrected chi connectivity index (χ0v) is 11.1. The van der Waals surface area contributed by atoms with Crippen molar-refractivity contribution in [2.45, 2.75) is 18.2 Å². The molecule has 1 unspecified atom stereocenters. The molecule has 1 fully saturated rings. The molecule has 1 aromatic heterocycles. The van der Waals surface area contributed by atoms with Crippen LogP contribution in [0.5, 0.6) is 0 Å². The standard InChI is InChI=1S/C12H16ClNO2S/c13-10(11-2-1-7-17-11)8-14-5-3-9(4-6-14)12(15)16/h1-2,7,9-10H,3-6,8H2,(H,15,16). The number of likely N-dealkylation sites (tertiary alicyclic amines) is 1. The second-order valence-corrected chi connectivity index (χ2v) is 5.90. The average Bonchev–Trinajstić information content (AvgIpc) is 2.83. The second kappa shape index (κ2) is 5.85. The van der Waals surface area contributed by atoms with Gasteiger partial charge in [-0.1, -0.05) is 6.07 Å². The zero-order chi connectivity index (χ0) is 12.3. The van der Waals surface area contributed by atoms with Gasteiger partial charge in [0.05, 0.1) is 11.3 Å². The van der Waals surface area contributed by atoms with Gasteiger partial charge in [-0.2, -0.15) is 0 Å². The number of nitrogens with zero attached hydrogens (tertiary/aromatic N) is 1. The number of hydrogen-bond donors (Lipinski definition) is 1. The van der Waals surface area contributed by atoms with Gasteiger partial charge >= 0.3 is 5.97 Å². The van der Waals surface area contributed by atoms with Crippen LogP contribution < -0.4 is 0 Å². The van der Waals surface area contributed by atoms with E-state index in [1.54, 1.807) is 11.3 Å². The summed E-state index contributed by atoms with van der Waals surface area (Å²) >= 11 is 8.00. The third-order valence-corrected chi connectivity index (χ3v) is 4.70. The van der Waals surface area contributed by atoms with Gasteiger partial charge in [-0.15, -0.1) is 22.9 Å². The molecule has 0 radical (unpaired) electrons. The normalized spacial score (nSPS) is 20.3. The van der Waals surface area contributed by atoms with Crippen LogP contribution in [0.15, 0.2) is 17.5 Å². The van der Waals surface area contributed by atoms with Crippen LogP contribution >= 0.6 is 22.9 Å². The van der Waals surface area contributed by atoms with Gasteiger partial charge in [0.25, 0.3) is 0 Å². The van der Waals surface area contributed by atoms with Crippen molar-refractivity contribution in [3.05, 3.63) is 22.4 Å². The molecular weight excluding hydrogens is 258 g/mol. The summed E-state index contributed by atoms with van der Waals surface area (Å²) in [6, 6.07) is 4.05. The monoisotopic (exact) mass is 273 g/mol. The van der Waals surface area contributed by atoms with Crippen LogP contribution in [0.4, 0.5) is 0 Å². The van der Waals surface area contributed by atoms with Crippen LogP contribution in [0, 0.1) is 5.92 Å². The van der Waals surface area contributed by atoms with Crippen molar-refractivity contribution < 1.29 is 9.90 Å². The first kappa shape index (κ1) is 12.9. The summed E-state index contributed by atoms with van der Waals surface area (Å²) in [6.45, 7) is 2.49. The maximum absolute atomic E-state index is 10.8. The SMILES string of the molecule is O=C(O)C1CCN(CC(Cl)c2cccs2)CC1. The molecule has 0 bridgehead atoms. The van der Waals surface area contributed by atoms with Crippen LogP contribution in [0.3, 0.4) is 0 Å². The van der Waals surface area contributed by atoms with Crippen LogP contribution in [0.1, 0.15) is 23.1 Å². The van der Waals surface area contributed by atoms with Crippen molar-refractivity contribution in [3.8, 4) is 0 Å². The molecule has 0 spiro atoms. The molecule has 1 atom stereocenters. The fourth-order valence-electron chi connectivity index (χ4n) is 2.15. The average molecular weight is 274 g/mol. The summed E-state index contributed by atoms with van der Waals surface area (Å²) in [7, 11) is 0. The second-order valence-electron chi connectivity index (χ2n) is 4.40. The van der Waals surface area contributed by atoms with E-state index in [4.69, 9.17) is 16.7 Å². The summed E-state index contributed by atoms with van der Waals surface area (Å²) in [4.78, 5) is 14.3. The Morgan fingerprint density at radius 2 is 2.29 bits per heavy atom. The smallest absolute Gasteiger partial charge is 0.306 e. The molecule has 1 N–H and O–H groups in total. The topological polar surface area (TPSA) is 40.5 Å². The Balaban J connectivity index is 1.80. The summed E-state index contributed by atoms with van der Waals surface area (Å²) in [5, 5.41) is 11.0. The lowest BCUT2D eigenvalue weighted by Gasteiger charge is -2.31. The van der Waals surface area contributed by atoms with E-state index in [9.17, 15) is 4.79 Å². The summed E-state index contributed by atoms with van der Waals surface area (Å²) in [6.07, 6.45) is 1.48. The van der Waals surface area contributed by atoms with Crippen molar-refractivity contribution in [2.24, 2.45) is 5.92 Å². The molecule has 1 aliphatic rings. The first-order chi connectivity index (χ1) is 8.16. The number of carboxylic acid groups (broad SMARTS) is 1. The fourth-order valence-corrected chi connectivity index (χ4v) is 3.26. The molecule has 1 aliphatic heterocycles. The van der Waals surface area contributed by atoms with Crippen LogP contribution in [0.2, 0.25) is 0 Å². The first-order valence-corrected chi connectivity index (χ1v) is 7.11. The van der Waals surface area contributed by atoms with Crippen LogP contribution in [-0.4, -0.2) is 35.6 Å². The largest absolute Gasteiger partial charge is 0.481 e. The maximum Gasteiger partial charge on any atom is 0.306 e. The Morgan fingerprint density at radius 3 is 2.82 bits per heavy atom. The Morgan fingerprint density at radius 1 is 1.59 bits per heavy atom. The number of aliphatic carboxylic acids is 1. The number of rotatable bonds is 4. The molecule has 0 aliphatic carbocycles. The quantitative estimate of drug-likeness (QED) is 0.858. The number of carboxylic acids is 1. The number of alkyl halides is 1. The van der Waals surface area contributed by atoms with E-state index in [1.165, 1.54) is 4.88 Å². The third-order valence-electron chi connectivity index (χ3n) is 3.21. The lowest BCUT2D eigenvalue weighted by Crippen LogP contribution is -2.37. The number of hydrogen-bond acceptors (Lipinski definition) is 3. The number of halogens is 1. The van der Waals surface area contributed by atoms with Crippen molar-refractivity contribution in [2.75, 3.05) is 19.6 Å². The van der Waals surface area contributed by atoms with Gasteiger partial charge in [0.2, 0.25) is 0 Å². The van der Waals surface area contributed by atoms with Crippen molar-refractivity contribution >= 4 is 28.9 Å². The molecule has 2 rings (SSSR count). The highest BCUT2D eigenvalue weighted by atomic mass is 35.5. The van der Waals surface area contributed by atoms with E-state index in [2.05, 4.69) is 4.90 Å². The van der Waals surface area contributed by atoms with E-state index in [1.807, 2.05) is 17.5 Å². The third kappa shape index (κ3) is 3.44. The molecule has 17 heavy (non-hydrogen) atoms. The predicted octanol–water partition coefficient (Wildman–Crippen LogP) is 2.82. The minimum absolute atomic E-state index is 0.0244. The minimum Gasteiger partial charge on any atom is -0.481 e. The van der Waals surface area contributed by atoms with E-state index in [-0.39, 0.29) is 11.3 Å². The number of piperidine rings is 1. The van der Waals surface area contributed by atoms with Gasteiger partial charge in [0.15, 0.2) is 0 Å². The summed E-state index contributed by atoms with van der Waals surface area (Å²) < 4.78 is 0. The number of carbonyl (C=O) groups is 1. The Hall–Kier alpha value is -0.580. The summed E-state index contributed by atoms with van der Waals surface area (Å²) in [5.74, 6) is -0.827. The van der Waals surface area contributed by atoms with Gasteiger partial charge in [0, 0.05) is 11.4 Å². The molecule has 0 saturated carbocycles. The molecule has 94 valence electrons. The lowest BCUT2D eigenvalue weighted by molar-refractivity contribution is -0.143. The Bertz CT molecular complexity index is 361. The highest BCUT2D eigenvalue weighted by Gasteiger charge is 2.25. The number of thiophene rings is 1. The van der Waals surface area contributed by atoms with E-state index >= 15 is 0 Å². The predicted molar refractivity (Wildman–Crippen MR) is 69.7 cm³/mol. The highest BCUT2D eigenvalue weighted by Crippen LogP contribution is 2.27. The molecule has 1 saturated heterocycles. The molecule has 5 heteroatoms. The van der Waals surface area contributed by atoms with E-state index in [0.717, 1.165) is 32.5 Å². The van der Waals surface area contributed by atoms with E-state index < -0.39 is 5.97 Å². The molecule has 2 heterocycles. The zero-order valence-electron chi connectivity index (χ0n) is 9.51. The van der Waals surface area contributed by atoms with Gasteiger partial charge < -0.3 is 10.0 Å². The molecule has 1 aromatic rings. The van der Waals surface area contributed by atoms with Gasteiger partial charge in [0.1, 0.15) is 0 Å². The Kier molecular flexibility index (Phi) is 4.42. The van der Waals surface area contributed by atoms with Crippen LogP contribution in [-0.2, 0) is 4.79 Å². The van der Waals surface area contributed by atoms with Gasteiger partial charge in [-0.3, -0.25) is 4.79 Å². The van der Waals surface area contributed by atoms with Crippen molar-refractivity contribution in [3.63, 3.8) is 0 Å². The molecular formula is C12H16ClNO2S. The molecule has 0 amide bonds. The molecule has 3 nitrogen and oxygen atoms in total. The van der Waals surface area contributed by atoms with Gasteiger partial charge in [-0.25, -0.2) is 0 Å². The fraction of sp³-hybridized carbons (Fsp3) is 0.583. The van der Waals surface area contributed by atoms with Crippen molar-refractivity contribution in [1.82, 2.24) is 4.90 Å². The van der Waals surface area contributed by atoms with Crippen molar-refractivity contribution in [1.29, 1.82) is 0 Å². The maximum atomic E-state index is 10.8. The minimum atomic E-state index is -0.662.